The van der Waals surface area contributed by atoms with Gasteiger partial charge in [-0.2, -0.15) is 0 Å². The van der Waals surface area contributed by atoms with Gasteiger partial charge in [-0.15, -0.1) is 0 Å². The van der Waals surface area contributed by atoms with Crippen LogP contribution in [0.15, 0.2) is 24.4 Å². The maximum absolute atomic E-state index is 12.2. The lowest BCUT2D eigenvalue weighted by atomic mass is 10.2. The van der Waals surface area contributed by atoms with Gasteiger partial charge < -0.3 is 20.1 Å². The molecule has 0 radical (unpaired) electrons. The van der Waals surface area contributed by atoms with Crippen molar-refractivity contribution in [2.75, 3.05) is 34.0 Å². The molecule has 1 atom stereocenters. The average Bonchev–Trinajstić information content (AvgIpc) is 2.44. The summed E-state index contributed by atoms with van der Waals surface area (Å²) in [5.74, 6) is -0.162. The van der Waals surface area contributed by atoms with Crippen LogP contribution < -0.4 is 5.73 Å². The van der Waals surface area contributed by atoms with Gasteiger partial charge in [0.2, 0.25) is 5.91 Å². The summed E-state index contributed by atoms with van der Waals surface area (Å²) in [5.41, 5.74) is 6.59. The van der Waals surface area contributed by atoms with Crippen molar-refractivity contribution in [3.63, 3.8) is 0 Å². The van der Waals surface area contributed by atoms with E-state index >= 15 is 0 Å². The van der Waals surface area contributed by atoms with Crippen LogP contribution in [0.5, 0.6) is 0 Å². The lowest BCUT2D eigenvalue weighted by Gasteiger charge is -2.25. The number of pyridine rings is 1. The van der Waals surface area contributed by atoms with Crippen LogP contribution in [0.2, 0.25) is 0 Å². The average molecular weight is 267 g/mol. The van der Waals surface area contributed by atoms with Crippen molar-refractivity contribution in [2.24, 2.45) is 5.73 Å². The van der Waals surface area contributed by atoms with E-state index in [2.05, 4.69) is 4.98 Å². The van der Waals surface area contributed by atoms with Crippen molar-refractivity contribution in [1.29, 1.82) is 0 Å². The third-order valence-electron chi connectivity index (χ3n) is 2.62. The largest absolute Gasteiger partial charge is 0.383 e. The fourth-order valence-corrected chi connectivity index (χ4v) is 1.64. The number of aromatic nitrogens is 1. The Labute approximate surface area is 113 Å². The number of carbonyl (C=O) groups is 1. The number of hydrogen-bond acceptors (Lipinski definition) is 5. The molecule has 0 aliphatic rings. The number of amides is 1. The molecule has 1 amide bonds. The van der Waals surface area contributed by atoms with Gasteiger partial charge in [0.05, 0.1) is 25.5 Å². The van der Waals surface area contributed by atoms with E-state index in [0.717, 1.165) is 5.69 Å². The highest BCUT2D eigenvalue weighted by molar-refractivity contribution is 5.81. The Kier molecular flexibility index (Phi) is 7.02. The van der Waals surface area contributed by atoms with Gasteiger partial charge in [-0.25, -0.2) is 0 Å². The van der Waals surface area contributed by atoms with Gasteiger partial charge in [-0.3, -0.25) is 9.78 Å². The third-order valence-corrected chi connectivity index (χ3v) is 2.62. The van der Waals surface area contributed by atoms with Crippen molar-refractivity contribution in [3.8, 4) is 0 Å². The molecule has 0 saturated heterocycles. The van der Waals surface area contributed by atoms with Crippen LogP contribution in [0.25, 0.3) is 0 Å². The first-order chi connectivity index (χ1) is 9.19. The number of ether oxygens (including phenoxy) is 2. The summed E-state index contributed by atoms with van der Waals surface area (Å²) in [6, 6.07) is 4.93. The van der Waals surface area contributed by atoms with Crippen LogP contribution in [0, 0.1) is 0 Å². The summed E-state index contributed by atoms with van der Waals surface area (Å²) in [4.78, 5) is 18.0. The van der Waals surface area contributed by atoms with Crippen molar-refractivity contribution in [1.82, 2.24) is 9.88 Å². The summed E-state index contributed by atoms with van der Waals surface area (Å²) in [5, 5.41) is 0. The van der Waals surface area contributed by atoms with Gasteiger partial charge in [-0.05, 0) is 12.1 Å². The van der Waals surface area contributed by atoms with E-state index in [9.17, 15) is 4.79 Å². The Morgan fingerprint density at radius 2 is 2.21 bits per heavy atom. The molecule has 1 heterocycles. The van der Waals surface area contributed by atoms with Gasteiger partial charge in [0, 0.05) is 27.0 Å². The quantitative estimate of drug-likeness (QED) is 0.719. The molecule has 19 heavy (non-hydrogen) atoms. The normalized spacial score (nSPS) is 12.2. The van der Waals surface area contributed by atoms with E-state index < -0.39 is 6.04 Å². The smallest absolute Gasteiger partial charge is 0.242 e. The standard InChI is InChI=1S/C13H21N3O3/c1-18-8-7-16(13(17)12(14)10-19-2)9-11-5-3-4-6-15-11/h3-6,12H,7-10,14H2,1-2H3. The summed E-state index contributed by atoms with van der Waals surface area (Å²) >= 11 is 0. The second kappa shape index (κ2) is 8.58. The lowest BCUT2D eigenvalue weighted by molar-refractivity contribution is -0.135. The second-order valence-corrected chi connectivity index (χ2v) is 4.14. The first-order valence-electron chi connectivity index (χ1n) is 6.11. The number of methoxy groups -OCH3 is 2. The SMILES string of the molecule is COCCN(Cc1ccccn1)C(=O)C(N)COC. The first kappa shape index (κ1) is 15.6. The second-order valence-electron chi connectivity index (χ2n) is 4.14. The Morgan fingerprint density at radius 1 is 1.42 bits per heavy atom. The summed E-state index contributed by atoms with van der Waals surface area (Å²) in [6.45, 7) is 1.55. The van der Waals surface area contributed by atoms with Gasteiger partial charge in [0.1, 0.15) is 6.04 Å². The maximum Gasteiger partial charge on any atom is 0.242 e. The molecule has 0 aliphatic carbocycles. The molecule has 0 spiro atoms. The number of rotatable bonds is 8. The highest BCUT2D eigenvalue weighted by Crippen LogP contribution is 2.03. The predicted octanol–water partition coefficient (Wildman–Crippen LogP) is 0.0303. The Balaban J connectivity index is 2.68. The van der Waals surface area contributed by atoms with Crippen molar-refractivity contribution >= 4 is 5.91 Å². The predicted molar refractivity (Wildman–Crippen MR) is 71.4 cm³/mol. The first-order valence-corrected chi connectivity index (χ1v) is 6.11. The fourth-order valence-electron chi connectivity index (χ4n) is 1.64. The summed E-state index contributed by atoms with van der Waals surface area (Å²) in [6.07, 6.45) is 1.70. The van der Waals surface area contributed by atoms with Crippen molar-refractivity contribution < 1.29 is 14.3 Å². The van der Waals surface area contributed by atoms with Crippen LogP contribution in [-0.4, -0.2) is 55.8 Å². The Morgan fingerprint density at radius 3 is 2.79 bits per heavy atom. The van der Waals surface area contributed by atoms with E-state index in [-0.39, 0.29) is 12.5 Å². The molecule has 0 bridgehead atoms. The maximum atomic E-state index is 12.2. The molecule has 106 valence electrons. The monoisotopic (exact) mass is 267 g/mol. The van der Waals surface area contributed by atoms with Crippen LogP contribution >= 0.6 is 0 Å². The molecule has 1 aromatic rings. The molecular weight excluding hydrogens is 246 g/mol. The minimum Gasteiger partial charge on any atom is -0.383 e. The Bertz CT molecular complexity index is 373. The highest BCUT2D eigenvalue weighted by atomic mass is 16.5. The molecular formula is C13H21N3O3. The zero-order valence-corrected chi connectivity index (χ0v) is 11.4. The zero-order chi connectivity index (χ0) is 14.1. The summed E-state index contributed by atoms with van der Waals surface area (Å²) in [7, 11) is 3.11. The number of nitrogens with zero attached hydrogens (tertiary/aromatic N) is 2. The number of nitrogens with two attached hydrogens (primary N) is 1. The van der Waals surface area contributed by atoms with E-state index in [1.54, 1.807) is 18.2 Å². The van der Waals surface area contributed by atoms with Crippen molar-refractivity contribution in [2.45, 2.75) is 12.6 Å². The minimum atomic E-state index is -0.662. The van der Waals surface area contributed by atoms with Gasteiger partial charge in [0.25, 0.3) is 0 Å². The van der Waals surface area contributed by atoms with E-state index in [4.69, 9.17) is 15.2 Å². The molecule has 1 unspecified atom stereocenters. The summed E-state index contributed by atoms with van der Waals surface area (Å²) < 4.78 is 9.92. The van der Waals surface area contributed by atoms with Crippen molar-refractivity contribution in [3.05, 3.63) is 30.1 Å². The van der Waals surface area contributed by atoms with Gasteiger partial charge in [-0.1, -0.05) is 6.07 Å². The van der Waals surface area contributed by atoms with E-state index in [1.165, 1.54) is 7.11 Å². The highest BCUT2D eigenvalue weighted by Gasteiger charge is 2.21. The molecule has 0 aromatic carbocycles. The zero-order valence-electron chi connectivity index (χ0n) is 11.4. The molecule has 6 nitrogen and oxygen atoms in total. The van der Waals surface area contributed by atoms with E-state index in [1.807, 2.05) is 18.2 Å². The minimum absolute atomic E-state index is 0.162. The topological polar surface area (TPSA) is 77.7 Å². The van der Waals surface area contributed by atoms with E-state index in [0.29, 0.717) is 19.7 Å². The number of carbonyl (C=O) groups excluding carboxylic acids is 1. The molecule has 1 aromatic heterocycles. The third kappa shape index (κ3) is 5.34. The van der Waals surface area contributed by atoms with Crippen LogP contribution in [0.4, 0.5) is 0 Å². The molecule has 0 saturated carbocycles. The Hall–Kier alpha value is -1.50. The molecule has 6 heteroatoms. The molecule has 1 rings (SSSR count). The molecule has 0 aliphatic heterocycles. The molecule has 0 fully saturated rings. The molecule has 2 N–H and O–H groups in total. The van der Waals surface area contributed by atoms with Crippen LogP contribution in [0.3, 0.4) is 0 Å². The number of hydrogen-bond donors (Lipinski definition) is 1. The van der Waals surface area contributed by atoms with Gasteiger partial charge in [0.15, 0.2) is 0 Å². The fraction of sp³-hybridized carbons (Fsp3) is 0.538. The van der Waals surface area contributed by atoms with Crippen LogP contribution in [-0.2, 0) is 20.8 Å². The lowest BCUT2D eigenvalue weighted by Crippen LogP contribution is -2.46. The van der Waals surface area contributed by atoms with Crippen LogP contribution in [0.1, 0.15) is 5.69 Å². The van der Waals surface area contributed by atoms with Gasteiger partial charge >= 0.3 is 0 Å².